The minimum absolute atomic E-state index is 0.0785. The van der Waals surface area contributed by atoms with Crippen LogP contribution in [0.25, 0.3) is 0 Å². The number of primary amides is 1. The molecule has 1 aliphatic rings. The van der Waals surface area contributed by atoms with Crippen molar-refractivity contribution in [3.8, 4) is 0 Å². The minimum atomic E-state index is -0.446. The highest BCUT2D eigenvalue weighted by Gasteiger charge is 2.35. The number of hydrogen-bond acceptors (Lipinski definition) is 3. The van der Waals surface area contributed by atoms with Gasteiger partial charge in [0.1, 0.15) is 5.00 Å². The van der Waals surface area contributed by atoms with Gasteiger partial charge in [-0.25, -0.2) is 0 Å². The van der Waals surface area contributed by atoms with E-state index in [1.165, 1.54) is 16.2 Å². The molecule has 1 heterocycles. The molecule has 4 nitrogen and oxygen atoms in total. The zero-order valence-corrected chi connectivity index (χ0v) is 18.7. The van der Waals surface area contributed by atoms with E-state index >= 15 is 0 Å². The summed E-state index contributed by atoms with van der Waals surface area (Å²) in [5, 5.41) is 3.67. The number of hydrogen-bond donors (Lipinski definition) is 2. The Morgan fingerprint density at radius 3 is 2.52 bits per heavy atom. The first-order valence-corrected chi connectivity index (χ1v) is 11.4. The Kier molecular flexibility index (Phi) is 6.47. The summed E-state index contributed by atoms with van der Waals surface area (Å²) in [6.45, 7) is 8.88. The molecular weight excluding hydrogens is 380 g/mol. The van der Waals surface area contributed by atoms with E-state index in [2.05, 4.69) is 26.1 Å². The van der Waals surface area contributed by atoms with E-state index in [0.29, 0.717) is 22.9 Å². The van der Waals surface area contributed by atoms with Crippen LogP contribution < -0.4 is 11.1 Å². The molecule has 2 atom stereocenters. The van der Waals surface area contributed by atoms with Crippen LogP contribution in [-0.4, -0.2) is 11.8 Å². The topological polar surface area (TPSA) is 72.2 Å². The van der Waals surface area contributed by atoms with Crippen LogP contribution in [0.1, 0.15) is 79.2 Å². The fourth-order valence-corrected chi connectivity index (χ4v) is 5.68. The molecule has 2 unspecified atom stereocenters. The van der Waals surface area contributed by atoms with Crippen LogP contribution in [0.3, 0.4) is 0 Å². The Labute approximate surface area is 177 Å². The van der Waals surface area contributed by atoms with Crippen molar-refractivity contribution in [3.63, 3.8) is 0 Å². The second-order valence-corrected chi connectivity index (χ2v) is 9.82. The lowest BCUT2D eigenvalue weighted by Gasteiger charge is -2.36. The summed E-state index contributed by atoms with van der Waals surface area (Å²) in [6, 6.07) is 9.78. The molecule has 0 saturated carbocycles. The van der Waals surface area contributed by atoms with Crippen LogP contribution in [-0.2, 0) is 17.6 Å². The highest BCUT2D eigenvalue weighted by Crippen LogP contribution is 2.45. The third kappa shape index (κ3) is 4.40. The molecule has 0 saturated heterocycles. The molecule has 5 heteroatoms. The van der Waals surface area contributed by atoms with Crippen LogP contribution in [0.15, 0.2) is 30.3 Å². The maximum atomic E-state index is 13.0. The number of fused-ring (bicyclic) bond motifs is 1. The Hall–Kier alpha value is -2.14. The normalized spacial score (nSPS) is 17.4. The van der Waals surface area contributed by atoms with Gasteiger partial charge >= 0.3 is 0 Å². The van der Waals surface area contributed by atoms with Crippen LogP contribution in [0.5, 0.6) is 0 Å². The summed E-state index contributed by atoms with van der Waals surface area (Å²) >= 11 is 1.54. The second kappa shape index (κ2) is 8.70. The molecule has 0 fully saturated rings. The lowest BCUT2D eigenvalue weighted by Crippen LogP contribution is -2.29. The van der Waals surface area contributed by atoms with Gasteiger partial charge in [-0.1, -0.05) is 64.4 Å². The summed E-state index contributed by atoms with van der Waals surface area (Å²) in [6.07, 6.45) is 4.68. The van der Waals surface area contributed by atoms with Crippen molar-refractivity contribution < 1.29 is 9.59 Å². The van der Waals surface area contributed by atoms with E-state index in [4.69, 9.17) is 5.73 Å². The first-order chi connectivity index (χ1) is 13.8. The Morgan fingerprint density at radius 1 is 1.24 bits per heavy atom. The molecule has 1 aromatic heterocycles. The monoisotopic (exact) mass is 412 g/mol. The Balaban J connectivity index is 1.89. The van der Waals surface area contributed by atoms with Gasteiger partial charge < -0.3 is 11.1 Å². The summed E-state index contributed by atoms with van der Waals surface area (Å²) in [5.74, 6) is -0.192. The first-order valence-electron chi connectivity index (χ1n) is 10.6. The number of thiophene rings is 1. The smallest absolute Gasteiger partial charge is 0.251 e. The zero-order valence-electron chi connectivity index (χ0n) is 17.9. The molecule has 156 valence electrons. The molecule has 29 heavy (non-hydrogen) atoms. The minimum Gasteiger partial charge on any atom is -0.365 e. The van der Waals surface area contributed by atoms with Gasteiger partial charge in [0.2, 0.25) is 5.91 Å². The van der Waals surface area contributed by atoms with E-state index in [1.807, 2.05) is 37.3 Å². The Morgan fingerprint density at radius 2 is 1.93 bits per heavy atom. The zero-order chi connectivity index (χ0) is 21.2. The van der Waals surface area contributed by atoms with Crippen LogP contribution in [0, 0.1) is 11.3 Å². The predicted octanol–water partition coefficient (Wildman–Crippen LogP) is 5.52. The van der Waals surface area contributed by atoms with Crippen molar-refractivity contribution in [3.05, 3.63) is 51.9 Å². The third-order valence-corrected chi connectivity index (χ3v) is 7.86. The number of rotatable bonds is 7. The van der Waals surface area contributed by atoms with Crippen LogP contribution in [0.2, 0.25) is 0 Å². The van der Waals surface area contributed by atoms with Crippen LogP contribution >= 0.6 is 11.3 Å². The van der Waals surface area contributed by atoms with Gasteiger partial charge in [0.15, 0.2) is 0 Å². The van der Waals surface area contributed by atoms with Crippen molar-refractivity contribution in [1.82, 2.24) is 0 Å². The molecular formula is C24H32N2O2S. The van der Waals surface area contributed by atoms with E-state index in [9.17, 15) is 9.59 Å². The number of amides is 2. The van der Waals surface area contributed by atoms with Gasteiger partial charge in [-0.3, -0.25) is 9.59 Å². The maximum absolute atomic E-state index is 13.0. The molecule has 1 aromatic carbocycles. The summed E-state index contributed by atoms with van der Waals surface area (Å²) in [4.78, 5) is 26.5. The highest BCUT2D eigenvalue weighted by atomic mass is 32.1. The second-order valence-electron chi connectivity index (χ2n) is 8.71. The quantitative estimate of drug-likeness (QED) is 0.628. The summed E-state index contributed by atoms with van der Waals surface area (Å²) in [7, 11) is 0. The SMILES string of the molecule is CCC(C(=O)Nc1sc2c(c1C(N)=O)CCC(C(C)(C)CC)C2)c1ccccc1. The average molecular weight is 413 g/mol. The lowest BCUT2D eigenvalue weighted by atomic mass is 9.69. The molecule has 0 aliphatic heterocycles. The first kappa shape index (κ1) is 21.6. The molecule has 2 aromatic rings. The van der Waals surface area contributed by atoms with E-state index in [1.54, 1.807) is 0 Å². The van der Waals surface area contributed by atoms with E-state index < -0.39 is 5.91 Å². The van der Waals surface area contributed by atoms with Crippen molar-refractivity contribution in [2.24, 2.45) is 17.1 Å². The number of carbonyl (C=O) groups is 2. The van der Waals surface area contributed by atoms with E-state index in [0.717, 1.165) is 36.8 Å². The molecule has 0 spiro atoms. The number of nitrogens with one attached hydrogen (secondary N) is 1. The maximum Gasteiger partial charge on any atom is 0.251 e. The van der Waals surface area contributed by atoms with Gasteiger partial charge in [0, 0.05) is 4.88 Å². The van der Waals surface area contributed by atoms with Gasteiger partial charge in [0.25, 0.3) is 5.91 Å². The number of anilines is 1. The highest BCUT2D eigenvalue weighted by molar-refractivity contribution is 7.17. The van der Waals surface area contributed by atoms with Gasteiger partial charge in [-0.15, -0.1) is 11.3 Å². The summed E-state index contributed by atoms with van der Waals surface area (Å²) < 4.78 is 0. The largest absolute Gasteiger partial charge is 0.365 e. The number of carbonyl (C=O) groups excluding carboxylic acids is 2. The predicted molar refractivity (Wildman–Crippen MR) is 121 cm³/mol. The molecule has 2 amide bonds. The molecule has 0 radical (unpaired) electrons. The van der Waals surface area contributed by atoms with Crippen molar-refractivity contribution in [1.29, 1.82) is 0 Å². The van der Waals surface area contributed by atoms with Gasteiger partial charge in [0.05, 0.1) is 11.5 Å². The molecule has 3 rings (SSSR count). The molecule has 1 aliphatic carbocycles. The van der Waals surface area contributed by atoms with Crippen LogP contribution in [0.4, 0.5) is 5.00 Å². The number of nitrogens with two attached hydrogens (primary N) is 1. The average Bonchev–Trinajstić information content (AvgIpc) is 3.06. The number of benzene rings is 1. The Bertz CT molecular complexity index is 886. The lowest BCUT2D eigenvalue weighted by molar-refractivity contribution is -0.117. The molecule has 0 bridgehead atoms. The van der Waals surface area contributed by atoms with Crippen molar-refractivity contribution in [2.45, 2.75) is 65.7 Å². The fraction of sp³-hybridized carbons (Fsp3) is 0.500. The van der Waals surface area contributed by atoms with E-state index in [-0.39, 0.29) is 17.2 Å². The fourth-order valence-electron chi connectivity index (χ4n) is 4.35. The van der Waals surface area contributed by atoms with Gasteiger partial charge in [-0.05, 0) is 48.1 Å². The molecule has 3 N–H and O–H groups in total. The third-order valence-electron chi connectivity index (χ3n) is 6.69. The van der Waals surface area contributed by atoms with Crippen molar-refractivity contribution >= 4 is 28.2 Å². The standard InChI is InChI=1S/C24H32N2O2S/c1-5-17(15-10-8-7-9-11-15)22(28)26-23-20(21(25)27)18-13-12-16(14-19(18)29-23)24(3,4)6-2/h7-11,16-17H,5-6,12-14H2,1-4H3,(H2,25,27)(H,26,28). The summed E-state index contributed by atoms with van der Waals surface area (Å²) in [5.41, 5.74) is 8.56. The van der Waals surface area contributed by atoms with Gasteiger partial charge in [-0.2, -0.15) is 0 Å². The van der Waals surface area contributed by atoms with Crippen molar-refractivity contribution in [2.75, 3.05) is 5.32 Å².